The minimum atomic E-state index is -1.51. The van der Waals surface area contributed by atoms with Gasteiger partial charge in [0.1, 0.15) is 12.1 Å². The number of nitrogens with zero attached hydrogens (tertiary/aromatic N) is 2. The number of hydrogen-bond donors (Lipinski definition) is 4. The first kappa shape index (κ1) is 54.8. The van der Waals surface area contributed by atoms with Crippen molar-refractivity contribution in [3.8, 4) is 0 Å². The number of H-pyrrole nitrogens is 2. The molecule has 4 atom stereocenters. The maximum atomic E-state index is 12.2. The Morgan fingerprint density at radius 3 is 1.32 bits per heavy atom. The molecule has 2 aromatic heterocycles. The van der Waals surface area contributed by atoms with Crippen molar-refractivity contribution in [2.24, 2.45) is 11.5 Å². The van der Waals surface area contributed by atoms with E-state index in [1.807, 2.05) is 0 Å². The third-order valence-corrected chi connectivity index (χ3v) is 12.8. The average molecular weight is 938 g/mol. The Labute approximate surface area is 356 Å². The van der Waals surface area contributed by atoms with Crippen LogP contribution in [-0.4, -0.2) is 115 Å². The van der Waals surface area contributed by atoms with Crippen LogP contribution in [0, 0.1) is 0 Å². The fourth-order valence-corrected chi connectivity index (χ4v) is 8.84. The molecule has 0 aliphatic heterocycles. The molecule has 2 aromatic rings. The number of hydrogen-bond acceptors (Lipinski definition) is 16. The summed E-state index contributed by atoms with van der Waals surface area (Å²) >= 11 is 0.149. The van der Waals surface area contributed by atoms with E-state index in [0.29, 0.717) is 24.2 Å². The third kappa shape index (κ3) is 23.8. The number of esters is 4. The number of nitrogens with two attached hydrogens (primary N) is 2. The summed E-state index contributed by atoms with van der Waals surface area (Å²) in [6.07, 6.45) is 12.4. The van der Waals surface area contributed by atoms with Crippen LogP contribution in [0.5, 0.6) is 0 Å². The number of carboxylic acids is 2. The van der Waals surface area contributed by atoms with E-state index in [1.54, 1.807) is 22.7 Å². The molecule has 19 heteroatoms. The number of aromatic nitrogens is 4. The monoisotopic (exact) mass is 938 g/mol. The number of aromatic amines is 2. The van der Waals surface area contributed by atoms with E-state index in [9.17, 15) is 39.0 Å². The molecule has 0 spiro atoms. The van der Waals surface area contributed by atoms with Gasteiger partial charge in [0.25, 0.3) is 0 Å². The second-order valence-corrected chi connectivity index (χ2v) is 17.9. The summed E-state index contributed by atoms with van der Waals surface area (Å²) in [7, 11) is 2.99. The zero-order valence-electron chi connectivity index (χ0n) is 35.6. The van der Waals surface area contributed by atoms with Crippen molar-refractivity contribution in [2.45, 2.75) is 139 Å². The van der Waals surface area contributed by atoms with Gasteiger partial charge in [-0.05, 0) is 64.5 Å². The zero-order valence-corrected chi connectivity index (χ0v) is 38.4. The van der Waals surface area contributed by atoms with Gasteiger partial charge in [-0.2, -0.15) is 0 Å². The molecule has 6 N–H and O–H groups in total. The Hall–Kier alpha value is -4.24. The summed E-state index contributed by atoms with van der Waals surface area (Å²) in [5, 5.41) is 22.1. The Morgan fingerprint density at radius 1 is 0.695 bits per heavy atom. The van der Waals surface area contributed by atoms with Gasteiger partial charge in [-0.25, -0.2) is 29.1 Å². The standard InChI is InChI=1S/2C16H23N3O6.2C4H9.Sn/c2*1-9(24-3)4-5-12(10(2)14(20)21)15(22)25-16(23)13(17)6-11-7-18-8-19-11;2*1-3-4-2;/h2*7-9,13H,4-6,17H2,1-3H3,(H,18,19)(H,20,21);2*1,3-4H2,2H3;/q;;;;+2/p-2/b2*12-10-;;;/t2*9?,13-;;;/m00.../s1. The van der Waals surface area contributed by atoms with Crippen molar-refractivity contribution in [3.05, 3.63) is 58.7 Å². The minimum Gasteiger partial charge on any atom is -0.545 e. The van der Waals surface area contributed by atoms with Crippen molar-refractivity contribution in [1.82, 2.24) is 19.9 Å². The van der Waals surface area contributed by atoms with Crippen LogP contribution < -0.4 is 21.7 Å². The topological polar surface area (TPSA) is 295 Å². The first-order valence-electron chi connectivity index (χ1n) is 19.5. The maximum Gasteiger partial charge on any atom is 0.342 e. The van der Waals surface area contributed by atoms with E-state index in [4.69, 9.17) is 30.4 Å². The summed E-state index contributed by atoms with van der Waals surface area (Å²) in [6, 6.07) is -2.18. The van der Waals surface area contributed by atoms with Gasteiger partial charge in [-0.15, -0.1) is 0 Å². The van der Waals surface area contributed by atoms with E-state index >= 15 is 0 Å². The Morgan fingerprint density at radius 2 is 1.05 bits per heavy atom. The molecule has 2 unspecified atom stereocenters. The van der Waals surface area contributed by atoms with Crippen molar-refractivity contribution < 1.29 is 57.9 Å². The van der Waals surface area contributed by atoms with Crippen LogP contribution in [0.3, 0.4) is 0 Å². The molecule has 0 saturated heterocycles. The number of methoxy groups -OCH3 is 2. The molecule has 0 aliphatic rings. The van der Waals surface area contributed by atoms with Crippen LogP contribution in [0.2, 0.25) is 8.87 Å². The number of rotatable bonds is 24. The van der Waals surface area contributed by atoms with Crippen LogP contribution in [-0.2, 0) is 60.6 Å². The summed E-state index contributed by atoms with van der Waals surface area (Å²) in [5.41, 5.74) is 11.7. The molecule has 0 aromatic carbocycles. The molecule has 2 heterocycles. The van der Waals surface area contributed by atoms with Crippen LogP contribution in [0.1, 0.15) is 104 Å². The Kier molecular flexibility index (Phi) is 29.4. The molecule has 0 amide bonds. The predicted molar refractivity (Wildman–Crippen MR) is 215 cm³/mol. The molecular formula is C40H62N6O12Sn. The number of carbonyl (C=O) groups is 6. The van der Waals surface area contributed by atoms with Crippen molar-refractivity contribution in [1.29, 1.82) is 0 Å². The molecule has 0 fully saturated rings. The van der Waals surface area contributed by atoms with E-state index < -0.39 is 47.9 Å². The maximum absolute atomic E-state index is 12.2. The molecule has 18 nitrogen and oxygen atoms in total. The zero-order chi connectivity index (χ0) is 44.9. The van der Waals surface area contributed by atoms with Crippen LogP contribution in [0.15, 0.2) is 47.3 Å². The van der Waals surface area contributed by atoms with Crippen LogP contribution >= 0.6 is 0 Å². The molecule has 59 heavy (non-hydrogen) atoms. The van der Waals surface area contributed by atoms with Gasteiger partial charge in [-0.3, -0.25) is 0 Å². The summed E-state index contributed by atoms with van der Waals surface area (Å²) in [5.74, 6) is -7.02. The van der Waals surface area contributed by atoms with Crippen molar-refractivity contribution >= 4 is 57.0 Å². The Balaban J connectivity index is 0.000000946. The quantitative estimate of drug-likeness (QED) is 0.0382. The molecule has 0 aliphatic carbocycles. The third-order valence-electron chi connectivity index (χ3n) is 8.81. The van der Waals surface area contributed by atoms with Gasteiger partial charge in [0, 0.05) is 62.0 Å². The normalized spacial score (nSPS) is 13.6. The van der Waals surface area contributed by atoms with E-state index in [-0.39, 0.29) is 81.3 Å². The fraction of sp³-hybridized carbons (Fsp3) is 0.600. The average Bonchev–Trinajstić information content (AvgIpc) is 3.92. The summed E-state index contributed by atoms with van der Waals surface area (Å²) < 4.78 is 22.8. The number of imidazole rings is 2. The van der Waals surface area contributed by atoms with Crippen molar-refractivity contribution in [3.63, 3.8) is 0 Å². The van der Waals surface area contributed by atoms with E-state index in [1.165, 1.54) is 78.8 Å². The van der Waals surface area contributed by atoms with Gasteiger partial charge >= 0.3 is 93.4 Å². The second-order valence-electron chi connectivity index (χ2n) is 13.6. The molecule has 2 rings (SSSR count). The van der Waals surface area contributed by atoms with Gasteiger partial charge in [0.15, 0.2) is 0 Å². The summed E-state index contributed by atoms with van der Waals surface area (Å²) in [4.78, 5) is 83.6. The van der Waals surface area contributed by atoms with Gasteiger partial charge in [-0.1, -0.05) is 0 Å². The smallest absolute Gasteiger partial charge is 0.342 e. The SMILES string of the molecule is CCC[CH2][Sn+2][CH2]CCC.COC(C)CC/C(C(=O)OC(=O)[C@@H](N)Cc1cnc[nH]1)=C(\C)C(=O)[O-].COC(C)CC/C(C(=O)OC(=O)[C@@H](N)Cc1cnc[nH]1)=C(\C)C(=O)[O-]. The predicted octanol–water partition coefficient (Wildman–Crippen LogP) is 1.59. The van der Waals surface area contributed by atoms with Gasteiger partial charge < -0.3 is 60.2 Å². The second kappa shape index (κ2) is 31.7. The molecule has 0 saturated carbocycles. The largest absolute Gasteiger partial charge is 0.545 e. The molecule has 0 radical (unpaired) electrons. The number of unbranched alkanes of at least 4 members (excludes halogenated alkanes) is 2. The van der Waals surface area contributed by atoms with E-state index in [2.05, 4.69) is 33.8 Å². The minimum absolute atomic E-state index is 0.0662. The fourth-order valence-electron chi connectivity index (χ4n) is 4.68. The summed E-state index contributed by atoms with van der Waals surface area (Å²) in [6.45, 7) is 10.6. The number of ether oxygens (including phenoxy) is 4. The number of carboxylic acid groups (broad SMARTS) is 2. The number of carbonyl (C=O) groups excluding carboxylic acids is 6. The first-order valence-corrected chi connectivity index (χ1v) is 23.5. The first-order chi connectivity index (χ1) is 27.9. The number of nitrogens with one attached hydrogen (secondary N) is 2. The van der Waals surface area contributed by atoms with Gasteiger partial charge in [0.2, 0.25) is 0 Å². The Bertz CT molecular complexity index is 1510. The molecular weight excluding hydrogens is 875 g/mol. The number of aliphatic carboxylic acids is 2. The van der Waals surface area contributed by atoms with Crippen molar-refractivity contribution in [2.75, 3.05) is 14.2 Å². The molecule has 0 bridgehead atoms. The van der Waals surface area contributed by atoms with Gasteiger partial charge in [0.05, 0.1) is 36.8 Å². The van der Waals surface area contributed by atoms with Crippen LogP contribution in [0.4, 0.5) is 0 Å². The van der Waals surface area contributed by atoms with E-state index in [0.717, 1.165) is 0 Å². The molecule has 328 valence electrons. The van der Waals surface area contributed by atoms with Crippen LogP contribution in [0.25, 0.3) is 0 Å².